The monoisotopic (exact) mass is 506 g/mol. The Morgan fingerprint density at radius 2 is 1.75 bits per heavy atom. The van der Waals surface area contributed by atoms with Crippen molar-refractivity contribution in [3.63, 3.8) is 0 Å². The molecule has 0 aromatic heterocycles. The zero-order valence-corrected chi connectivity index (χ0v) is 22.4. The van der Waals surface area contributed by atoms with Gasteiger partial charge in [-0.3, -0.25) is 14.4 Å². The molecule has 8 nitrogen and oxygen atoms in total. The molecule has 3 N–H and O–H groups in total. The van der Waals surface area contributed by atoms with Gasteiger partial charge in [-0.05, 0) is 56.8 Å². The highest BCUT2D eigenvalue weighted by molar-refractivity contribution is 5.80. The molecule has 0 amide bonds. The number of Topliss-reactive ketones (excluding diaryl/α,β-unsaturated/α-hetero) is 1. The predicted octanol–water partition coefficient (Wildman–Crippen LogP) is 2.85. The minimum atomic E-state index is -1.76. The van der Waals surface area contributed by atoms with Crippen LogP contribution in [0.15, 0.2) is 11.6 Å². The second-order valence-corrected chi connectivity index (χ2v) is 12.6. The Hall–Kier alpha value is -1.77. The third-order valence-corrected chi connectivity index (χ3v) is 10.0. The largest absolute Gasteiger partial charge is 0.458 e. The van der Waals surface area contributed by atoms with Gasteiger partial charge in [0.1, 0.15) is 29.2 Å². The summed E-state index contributed by atoms with van der Waals surface area (Å²) in [5, 5.41) is 35.4. The Labute approximate surface area is 213 Å². The molecule has 0 heterocycles. The van der Waals surface area contributed by atoms with Crippen molar-refractivity contribution in [1.82, 2.24) is 0 Å². The fourth-order valence-corrected chi connectivity index (χ4v) is 8.38. The van der Waals surface area contributed by atoms with E-state index >= 15 is 0 Å². The average Bonchev–Trinajstić information content (AvgIpc) is 3.04. The van der Waals surface area contributed by atoms with E-state index in [1.165, 1.54) is 13.8 Å². The van der Waals surface area contributed by atoms with Gasteiger partial charge in [0.25, 0.3) is 0 Å². The summed E-state index contributed by atoms with van der Waals surface area (Å²) in [6, 6.07) is 0. The molecule has 0 aromatic carbocycles. The molecule has 202 valence electrons. The van der Waals surface area contributed by atoms with Crippen LogP contribution in [0.2, 0.25) is 0 Å². The second kappa shape index (κ2) is 8.91. The van der Waals surface area contributed by atoms with Crippen LogP contribution in [0.3, 0.4) is 0 Å². The minimum Gasteiger partial charge on any atom is -0.458 e. The highest BCUT2D eigenvalue weighted by Crippen LogP contribution is 2.70. The van der Waals surface area contributed by atoms with Crippen molar-refractivity contribution in [3.8, 4) is 0 Å². The Morgan fingerprint density at radius 3 is 2.33 bits per heavy atom. The number of hydrogen-bond donors (Lipinski definition) is 3. The molecule has 9 unspecified atom stereocenters. The van der Waals surface area contributed by atoms with Crippen molar-refractivity contribution in [2.75, 3.05) is 0 Å². The van der Waals surface area contributed by atoms with Gasteiger partial charge >= 0.3 is 11.9 Å². The molecule has 36 heavy (non-hydrogen) atoms. The molecule has 8 heteroatoms. The molecular weight excluding hydrogens is 464 g/mol. The van der Waals surface area contributed by atoms with Crippen LogP contribution in [-0.2, 0) is 23.9 Å². The number of esters is 2. The van der Waals surface area contributed by atoms with Crippen LogP contribution in [0.4, 0.5) is 0 Å². The number of carbonyl (C=O) groups is 3. The van der Waals surface area contributed by atoms with E-state index < -0.39 is 64.1 Å². The summed E-state index contributed by atoms with van der Waals surface area (Å²) in [6.45, 7) is 10.2. The minimum absolute atomic E-state index is 0.0191. The molecule has 9 atom stereocenters. The van der Waals surface area contributed by atoms with Crippen molar-refractivity contribution in [3.05, 3.63) is 11.6 Å². The van der Waals surface area contributed by atoms with Crippen LogP contribution in [0.25, 0.3) is 0 Å². The first-order valence-electron chi connectivity index (χ1n) is 13.3. The fraction of sp³-hybridized carbons (Fsp3) is 0.821. The highest BCUT2D eigenvalue weighted by atomic mass is 16.6. The van der Waals surface area contributed by atoms with Gasteiger partial charge in [0.2, 0.25) is 0 Å². The van der Waals surface area contributed by atoms with Crippen LogP contribution in [0, 0.1) is 28.6 Å². The zero-order chi connectivity index (χ0) is 26.8. The van der Waals surface area contributed by atoms with Crippen LogP contribution >= 0.6 is 0 Å². The lowest BCUT2D eigenvalue weighted by atomic mass is 9.42. The van der Waals surface area contributed by atoms with Crippen molar-refractivity contribution in [2.45, 2.75) is 116 Å². The van der Waals surface area contributed by atoms with E-state index in [-0.39, 0.29) is 31.0 Å². The lowest BCUT2D eigenvalue weighted by Crippen LogP contribution is -2.80. The molecule has 4 rings (SSSR count). The molecular formula is C28H42O8. The smallest absolute Gasteiger partial charge is 0.306 e. The quantitative estimate of drug-likeness (QED) is 0.383. The van der Waals surface area contributed by atoms with Gasteiger partial charge in [0.15, 0.2) is 0 Å². The SMILES string of the molecule is CC(=O)OC1C2C3(C)CCC(O)CC3=CCC2(O)C2(O)CCC(C(C)=O)C2(C)C1OC(=O)CC(C)C. The first-order chi connectivity index (χ1) is 16.6. The molecule has 0 aliphatic heterocycles. The highest BCUT2D eigenvalue weighted by Gasteiger charge is 2.80. The summed E-state index contributed by atoms with van der Waals surface area (Å²) in [5.41, 5.74) is -4.61. The maximum Gasteiger partial charge on any atom is 0.306 e. The standard InChI is InChI=1S/C28H42O8/c1-15(2)13-21(32)36-24-22(35-17(4)30)23-25(5)10-8-19(31)14-18(25)7-11-27(23,33)28(34)12-9-20(16(3)29)26(24,28)6/h7,15,19-20,22-24,31,33-34H,8-14H2,1-6H3. The molecule has 0 radical (unpaired) electrons. The number of hydrogen-bond acceptors (Lipinski definition) is 8. The fourth-order valence-electron chi connectivity index (χ4n) is 8.38. The number of aliphatic hydroxyl groups is 3. The molecule has 0 saturated heterocycles. The number of ether oxygens (including phenoxy) is 2. The first kappa shape index (κ1) is 27.3. The lowest BCUT2D eigenvalue weighted by Gasteiger charge is -2.68. The molecule has 3 fully saturated rings. The van der Waals surface area contributed by atoms with E-state index in [9.17, 15) is 29.7 Å². The van der Waals surface area contributed by atoms with E-state index in [2.05, 4.69) is 0 Å². The van der Waals surface area contributed by atoms with Gasteiger partial charge in [0.05, 0.1) is 6.10 Å². The second-order valence-electron chi connectivity index (χ2n) is 12.6. The Kier molecular flexibility index (Phi) is 6.75. The first-order valence-corrected chi connectivity index (χ1v) is 13.3. The third kappa shape index (κ3) is 3.70. The molecule has 0 bridgehead atoms. The summed E-state index contributed by atoms with van der Waals surface area (Å²) in [5.74, 6) is -2.71. The Morgan fingerprint density at radius 1 is 1.08 bits per heavy atom. The lowest BCUT2D eigenvalue weighted by molar-refractivity contribution is -0.329. The zero-order valence-electron chi connectivity index (χ0n) is 22.4. The maximum absolute atomic E-state index is 13.1. The van der Waals surface area contributed by atoms with Gasteiger partial charge in [0, 0.05) is 30.6 Å². The number of ketones is 1. The molecule has 0 aromatic rings. The Bertz CT molecular complexity index is 973. The van der Waals surface area contributed by atoms with E-state index in [0.717, 1.165) is 5.57 Å². The van der Waals surface area contributed by atoms with Crippen molar-refractivity contribution >= 4 is 17.7 Å². The van der Waals surface area contributed by atoms with Gasteiger partial charge in [-0.15, -0.1) is 0 Å². The van der Waals surface area contributed by atoms with Gasteiger partial charge in [-0.2, -0.15) is 0 Å². The number of carbonyl (C=O) groups excluding carboxylic acids is 3. The van der Waals surface area contributed by atoms with E-state index in [1.54, 1.807) is 6.92 Å². The number of fused-ring (bicyclic) bond motifs is 5. The van der Waals surface area contributed by atoms with Gasteiger partial charge in [-0.25, -0.2) is 0 Å². The van der Waals surface area contributed by atoms with Gasteiger partial charge in [-0.1, -0.05) is 39.3 Å². The summed E-state index contributed by atoms with van der Waals surface area (Å²) < 4.78 is 12.1. The number of rotatable bonds is 5. The van der Waals surface area contributed by atoms with Crippen LogP contribution < -0.4 is 0 Å². The van der Waals surface area contributed by atoms with Crippen LogP contribution in [-0.4, -0.2) is 62.6 Å². The average molecular weight is 507 g/mol. The molecule has 4 aliphatic rings. The van der Waals surface area contributed by atoms with E-state index in [0.29, 0.717) is 25.7 Å². The molecule has 0 spiro atoms. The van der Waals surface area contributed by atoms with Gasteiger partial charge < -0.3 is 24.8 Å². The van der Waals surface area contributed by atoms with E-state index in [1.807, 2.05) is 26.8 Å². The van der Waals surface area contributed by atoms with E-state index in [4.69, 9.17) is 9.47 Å². The molecule has 4 aliphatic carbocycles. The van der Waals surface area contributed by atoms with Crippen molar-refractivity contribution in [1.29, 1.82) is 0 Å². The third-order valence-electron chi connectivity index (χ3n) is 10.0. The number of aliphatic hydroxyl groups excluding tert-OH is 1. The summed E-state index contributed by atoms with van der Waals surface area (Å²) >= 11 is 0. The van der Waals surface area contributed by atoms with Crippen molar-refractivity contribution < 1.29 is 39.2 Å². The Balaban J connectivity index is 1.95. The molecule has 3 saturated carbocycles. The summed E-state index contributed by atoms with van der Waals surface area (Å²) in [7, 11) is 0. The topological polar surface area (TPSA) is 130 Å². The normalized spacial score (nSPS) is 45.7. The van der Waals surface area contributed by atoms with Crippen LogP contribution in [0.5, 0.6) is 0 Å². The summed E-state index contributed by atoms with van der Waals surface area (Å²) in [6.07, 6.45) is 1.36. The van der Waals surface area contributed by atoms with Crippen LogP contribution in [0.1, 0.15) is 86.5 Å². The maximum atomic E-state index is 13.1. The van der Waals surface area contributed by atoms with Crippen molar-refractivity contribution in [2.24, 2.45) is 28.6 Å². The summed E-state index contributed by atoms with van der Waals surface area (Å²) in [4.78, 5) is 38.5. The predicted molar refractivity (Wildman–Crippen MR) is 130 cm³/mol.